The van der Waals surface area contributed by atoms with E-state index in [4.69, 9.17) is 11.6 Å². The summed E-state index contributed by atoms with van der Waals surface area (Å²) in [5, 5.41) is 3.42. The number of nitrogens with one attached hydrogen (secondary N) is 1. The molecule has 0 radical (unpaired) electrons. The summed E-state index contributed by atoms with van der Waals surface area (Å²) in [6.07, 6.45) is 2.24. The molecule has 0 aliphatic carbocycles. The average Bonchev–Trinajstić information content (AvgIpc) is 2.77. The molecule has 0 aliphatic heterocycles. The van der Waals surface area contributed by atoms with E-state index in [1.54, 1.807) is 24.3 Å². The van der Waals surface area contributed by atoms with Crippen molar-refractivity contribution in [2.45, 2.75) is 53.1 Å². The lowest BCUT2D eigenvalue weighted by molar-refractivity contribution is -0.140. The SMILES string of the molecule is CCCNC(=O)[C@@H](CC)N(Cc1ccc(Cl)cc1)C(=O)CN(c1c(C)cccc1C)S(C)(=O)=O. The van der Waals surface area contributed by atoms with Crippen LogP contribution in [0.15, 0.2) is 42.5 Å². The van der Waals surface area contributed by atoms with E-state index in [0.29, 0.717) is 23.7 Å². The zero-order valence-electron chi connectivity index (χ0n) is 20.5. The van der Waals surface area contributed by atoms with Crippen molar-refractivity contribution in [3.63, 3.8) is 0 Å². The molecule has 0 saturated heterocycles. The molecule has 0 bridgehead atoms. The van der Waals surface area contributed by atoms with Crippen molar-refractivity contribution in [1.29, 1.82) is 0 Å². The molecule has 2 aromatic carbocycles. The number of anilines is 1. The molecule has 2 rings (SSSR count). The summed E-state index contributed by atoms with van der Waals surface area (Å²) in [6.45, 7) is 7.64. The van der Waals surface area contributed by atoms with Crippen LogP contribution in [0.25, 0.3) is 0 Å². The molecule has 7 nitrogen and oxygen atoms in total. The third kappa shape index (κ3) is 7.21. The Bertz CT molecular complexity index is 1080. The Morgan fingerprint density at radius 3 is 2.12 bits per heavy atom. The third-order valence-electron chi connectivity index (χ3n) is 5.57. The van der Waals surface area contributed by atoms with E-state index in [9.17, 15) is 18.0 Å². The number of carbonyl (C=O) groups is 2. The van der Waals surface area contributed by atoms with Crippen LogP contribution in [0.2, 0.25) is 5.02 Å². The van der Waals surface area contributed by atoms with E-state index in [1.165, 1.54) is 4.90 Å². The van der Waals surface area contributed by atoms with Gasteiger partial charge >= 0.3 is 0 Å². The molecular formula is C25H34ClN3O4S. The Labute approximate surface area is 208 Å². The standard InChI is InChI=1S/C25H34ClN3O4S/c1-6-15-27-25(31)22(7-2)28(16-20-11-13-21(26)14-12-20)23(30)17-29(34(5,32)33)24-18(3)9-8-10-19(24)4/h8-14,22H,6-7,15-17H2,1-5H3,(H,27,31)/t22-/m1/s1. The van der Waals surface area contributed by atoms with Crippen molar-refractivity contribution in [3.8, 4) is 0 Å². The summed E-state index contributed by atoms with van der Waals surface area (Å²) in [6, 6.07) is 11.7. The van der Waals surface area contributed by atoms with Crippen molar-refractivity contribution >= 4 is 39.1 Å². The van der Waals surface area contributed by atoms with Gasteiger partial charge in [-0.1, -0.05) is 55.8 Å². The number of nitrogens with zero attached hydrogens (tertiary/aromatic N) is 2. The fraction of sp³-hybridized carbons (Fsp3) is 0.440. The van der Waals surface area contributed by atoms with Crippen LogP contribution >= 0.6 is 11.6 Å². The molecule has 2 aromatic rings. The molecule has 1 atom stereocenters. The number of para-hydroxylation sites is 1. The van der Waals surface area contributed by atoms with Crippen molar-refractivity contribution in [1.82, 2.24) is 10.2 Å². The quantitative estimate of drug-likeness (QED) is 0.497. The first-order valence-electron chi connectivity index (χ1n) is 11.3. The number of aryl methyl sites for hydroxylation is 2. The lowest BCUT2D eigenvalue weighted by Crippen LogP contribution is -2.52. The van der Waals surface area contributed by atoms with Gasteiger partial charge in [0.2, 0.25) is 21.8 Å². The summed E-state index contributed by atoms with van der Waals surface area (Å²) in [7, 11) is -3.77. The van der Waals surface area contributed by atoms with Gasteiger partial charge in [0.05, 0.1) is 11.9 Å². The molecule has 0 fully saturated rings. The second-order valence-electron chi connectivity index (χ2n) is 8.37. The number of rotatable bonds is 11. The Morgan fingerprint density at radius 2 is 1.62 bits per heavy atom. The zero-order valence-corrected chi connectivity index (χ0v) is 22.0. The van der Waals surface area contributed by atoms with E-state index in [2.05, 4.69) is 5.32 Å². The molecule has 0 spiro atoms. The highest BCUT2D eigenvalue weighted by Crippen LogP contribution is 2.27. The maximum absolute atomic E-state index is 13.7. The maximum atomic E-state index is 13.7. The van der Waals surface area contributed by atoms with Crippen LogP contribution in [0, 0.1) is 13.8 Å². The molecule has 0 heterocycles. The number of amides is 2. The Balaban J connectivity index is 2.47. The summed E-state index contributed by atoms with van der Waals surface area (Å²) in [5.41, 5.74) is 2.76. The lowest BCUT2D eigenvalue weighted by Gasteiger charge is -2.33. The molecule has 34 heavy (non-hydrogen) atoms. The Morgan fingerprint density at radius 1 is 1.03 bits per heavy atom. The fourth-order valence-electron chi connectivity index (χ4n) is 3.85. The number of sulfonamides is 1. The number of hydrogen-bond donors (Lipinski definition) is 1. The van der Waals surface area contributed by atoms with Gasteiger partial charge < -0.3 is 10.2 Å². The van der Waals surface area contributed by atoms with E-state index in [-0.39, 0.29) is 12.5 Å². The van der Waals surface area contributed by atoms with Crippen molar-refractivity contribution in [2.75, 3.05) is 23.7 Å². The van der Waals surface area contributed by atoms with E-state index in [1.807, 2.05) is 45.9 Å². The molecule has 2 amide bonds. The highest BCUT2D eigenvalue weighted by atomic mass is 35.5. The molecular weight excluding hydrogens is 474 g/mol. The third-order valence-corrected chi connectivity index (χ3v) is 6.93. The number of hydrogen-bond acceptors (Lipinski definition) is 4. The second-order valence-corrected chi connectivity index (χ2v) is 10.7. The first-order chi connectivity index (χ1) is 16.0. The number of benzene rings is 2. The lowest BCUT2D eigenvalue weighted by atomic mass is 10.1. The van der Waals surface area contributed by atoms with Crippen LogP contribution < -0.4 is 9.62 Å². The van der Waals surface area contributed by atoms with E-state index in [0.717, 1.165) is 33.7 Å². The smallest absolute Gasteiger partial charge is 0.244 e. The van der Waals surface area contributed by atoms with Crippen LogP contribution in [-0.2, 0) is 26.2 Å². The average molecular weight is 508 g/mol. The van der Waals surface area contributed by atoms with Gasteiger partial charge in [-0.25, -0.2) is 8.42 Å². The molecule has 0 saturated carbocycles. The van der Waals surface area contributed by atoms with Gasteiger partial charge in [-0.15, -0.1) is 0 Å². The van der Waals surface area contributed by atoms with Gasteiger partial charge in [-0.05, 0) is 55.5 Å². The predicted octanol–water partition coefficient (Wildman–Crippen LogP) is 4.06. The van der Waals surface area contributed by atoms with E-state index >= 15 is 0 Å². The Hall–Kier alpha value is -2.58. The monoisotopic (exact) mass is 507 g/mol. The van der Waals surface area contributed by atoms with Gasteiger partial charge in [-0.2, -0.15) is 0 Å². The highest BCUT2D eigenvalue weighted by molar-refractivity contribution is 7.92. The minimum absolute atomic E-state index is 0.151. The topological polar surface area (TPSA) is 86.8 Å². The summed E-state index contributed by atoms with van der Waals surface area (Å²) in [5.74, 6) is -0.717. The highest BCUT2D eigenvalue weighted by Gasteiger charge is 2.32. The van der Waals surface area contributed by atoms with Crippen LogP contribution in [-0.4, -0.2) is 50.5 Å². The van der Waals surface area contributed by atoms with Gasteiger partial charge in [-0.3, -0.25) is 13.9 Å². The summed E-state index contributed by atoms with van der Waals surface area (Å²) in [4.78, 5) is 28.0. The number of halogens is 1. The maximum Gasteiger partial charge on any atom is 0.244 e. The first-order valence-corrected chi connectivity index (χ1v) is 13.6. The van der Waals surface area contributed by atoms with Crippen molar-refractivity contribution in [3.05, 3.63) is 64.2 Å². The minimum Gasteiger partial charge on any atom is -0.354 e. The second kappa shape index (κ2) is 12.2. The molecule has 186 valence electrons. The normalized spacial score (nSPS) is 12.2. The van der Waals surface area contributed by atoms with Crippen LogP contribution in [0.3, 0.4) is 0 Å². The zero-order chi connectivity index (χ0) is 25.5. The largest absolute Gasteiger partial charge is 0.354 e. The molecule has 0 aromatic heterocycles. The van der Waals surface area contributed by atoms with Crippen LogP contribution in [0.5, 0.6) is 0 Å². The number of carbonyl (C=O) groups excluding carboxylic acids is 2. The fourth-order valence-corrected chi connectivity index (χ4v) is 4.94. The van der Waals surface area contributed by atoms with Crippen molar-refractivity contribution in [2.24, 2.45) is 0 Å². The van der Waals surface area contributed by atoms with Crippen molar-refractivity contribution < 1.29 is 18.0 Å². The molecule has 1 N–H and O–H groups in total. The Kier molecular flexibility index (Phi) is 9.94. The molecule has 0 unspecified atom stereocenters. The summed E-state index contributed by atoms with van der Waals surface area (Å²) < 4.78 is 26.7. The molecule has 9 heteroatoms. The molecule has 0 aliphatic rings. The van der Waals surface area contributed by atoms with Gasteiger partial charge in [0.1, 0.15) is 12.6 Å². The minimum atomic E-state index is -3.77. The van der Waals surface area contributed by atoms with Gasteiger partial charge in [0.25, 0.3) is 0 Å². The van der Waals surface area contributed by atoms with Gasteiger partial charge in [0, 0.05) is 18.1 Å². The predicted molar refractivity (Wildman–Crippen MR) is 137 cm³/mol. The van der Waals surface area contributed by atoms with Gasteiger partial charge in [0.15, 0.2) is 0 Å². The van der Waals surface area contributed by atoms with Crippen LogP contribution in [0.4, 0.5) is 5.69 Å². The summed E-state index contributed by atoms with van der Waals surface area (Å²) >= 11 is 6.01. The first kappa shape index (κ1) is 27.7. The van der Waals surface area contributed by atoms with E-state index < -0.39 is 28.5 Å². The van der Waals surface area contributed by atoms with Crippen LogP contribution in [0.1, 0.15) is 43.4 Å².